The van der Waals surface area contributed by atoms with Gasteiger partial charge in [-0.25, -0.2) is 0 Å². The molecule has 1 atom stereocenters. The highest BCUT2D eigenvalue weighted by molar-refractivity contribution is 5.92. The van der Waals surface area contributed by atoms with Crippen molar-refractivity contribution >= 4 is 11.8 Å². The quantitative estimate of drug-likeness (QED) is 0.814. The minimum absolute atomic E-state index is 0.0194. The topological polar surface area (TPSA) is 80.4 Å². The van der Waals surface area contributed by atoms with Gasteiger partial charge in [0.25, 0.3) is 0 Å². The maximum atomic E-state index is 12.7. The van der Waals surface area contributed by atoms with Gasteiger partial charge in [0, 0.05) is 11.8 Å². The summed E-state index contributed by atoms with van der Waals surface area (Å²) in [7, 11) is 0. The molecule has 0 aliphatic heterocycles. The smallest absolute Gasteiger partial charge is 0.323 e. The molecule has 4 aliphatic carbocycles. The van der Waals surface area contributed by atoms with Crippen LogP contribution in [0.25, 0.3) is 0 Å². The molecule has 19 heavy (non-hydrogen) atoms. The molecule has 0 spiro atoms. The highest BCUT2D eigenvalue weighted by Gasteiger charge is 2.55. The molecule has 4 saturated carbocycles. The highest BCUT2D eigenvalue weighted by atomic mass is 16.4. The molecular formula is C15H23NO3. The van der Waals surface area contributed by atoms with Crippen molar-refractivity contribution < 1.29 is 14.7 Å². The number of hydrogen-bond donors (Lipinski definition) is 2. The SMILES string of the molecule is CC(N)(CC(=O)C12CC3CC(CC(C3)C1)C2)C(=O)O. The first-order valence-electron chi connectivity index (χ1n) is 7.36. The Balaban J connectivity index is 1.78. The van der Waals surface area contributed by atoms with Crippen LogP contribution in [0.3, 0.4) is 0 Å². The second kappa shape index (κ2) is 4.05. The van der Waals surface area contributed by atoms with Crippen molar-refractivity contribution in [3.8, 4) is 0 Å². The summed E-state index contributed by atoms with van der Waals surface area (Å²) in [6.07, 6.45) is 6.77. The molecule has 0 heterocycles. The van der Waals surface area contributed by atoms with E-state index < -0.39 is 11.5 Å². The zero-order valence-electron chi connectivity index (χ0n) is 11.5. The molecule has 4 fully saturated rings. The van der Waals surface area contributed by atoms with Crippen molar-refractivity contribution in [2.45, 2.75) is 57.4 Å². The van der Waals surface area contributed by atoms with E-state index in [9.17, 15) is 9.59 Å². The van der Waals surface area contributed by atoms with Crippen LogP contribution >= 0.6 is 0 Å². The van der Waals surface area contributed by atoms with E-state index in [1.54, 1.807) is 0 Å². The zero-order valence-corrected chi connectivity index (χ0v) is 11.5. The molecule has 0 amide bonds. The third-order valence-electron chi connectivity index (χ3n) is 5.65. The Morgan fingerprint density at radius 3 is 1.95 bits per heavy atom. The Labute approximate surface area is 113 Å². The number of aliphatic carboxylic acids is 1. The first-order chi connectivity index (χ1) is 8.81. The van der Waals surface area contributed by atoms with Crippen LogP contribution in [0.2, 0.25) is 0 Å². The van der Waals surface area contributed by atoms with E-state index in [2.05, 4.69) is 0 Å². The predicted molar refractivity (Wildman–Crippen MR) is 70.5 cm³/mol. The Morgan fingerprint density at radius 2 is 1.58 bits per heavy atom. The Hall–Kier alpha value is -0.900. The molecule has 3 N–H and O–H groups in total. The van der Waals surface area contributed by atoms with Crippen LogP contribution < -0.4 is 5.73 Å². The van der Waals surface area contributed by atoms with Crippen LogP contribution in [-0.2, 0) is 9.59 Å². The van der Waals surface area contributed by atoms with Gasteiger partial charge in [0.1, 0.15) is 11.3 Å². The lowest BCUT2D eigenvalue weighted by atomic mass is 9.48. The van der Waals surface area contributed by atoms with E-state index in [1.165, 1.54) is 26.2 Å². The van der Waals surface area contributed by atoms with Crippen molar-refractivity contribution in [3.63, 3.8) is 0 Å². The Bertz CT molecular complexity index is 392. The normalized spacial score (nSPS) is 42.9. The van der Waals surface area contributed by atoms with Gasteiger partial charge >= 0.3 is 5.97 Å². The summed E-state index contributed by atoms with van der Waals surface area (Å²) in [6, 6.07) is 0. The number of hydrogen-bond acceptors (Lipinski definition) is 3. The molecule has 0 aromatic rings. The summed E-state index contributed by atoms with van der Waals surface area (Å²) < 4.78 is 0. The Kier molecular flexibility index (Phi) is 2.79. The lowest BCUT2D eigenvalue weighted by Gasteiger charge is -2.56. The number of carbonyl (C=O) groups excluding carboxylic acids is 1. The van der Waals surface area contributed by atoms with Gasteiger partial charge in [-0.15, -0.1) is 0 Å². The van der Waals surface area contributed by atoms with Crippen LogP contribution in [0, 0.1) is 23.2 Å². The number of nitrogens with two attached hydrogens (primary N) is 1. The first kappa shape index (κ1) is 13.1. The lowest BCUT2D eigenvalue weighted by Crippen LogP contribution is -2.54. The van der Waals surface area contributed by atoms with Crippen LogP contribution in [-0.4, -0.2) is 22.4 Å². The molecule has 4 aliphatic rings. The molecule has 0 radical (unpaired) electrons. The summed E-state index contributed by atoms with van der Waals surface area (Å²) in [5.74, 6) is 1.13. The van der Waals surface area contributed by atoms with Gasteiger partial charge in [-0.2, -0.15) is 0 Å². The molecule has 106 valence electrons. The second-order valence-electron chi connectivity index (χ2n) is 7.52. The minimum Gasteiger partial charge on any atom is -0.480 e. The van der Waals surface area contributed by atoms with Crippen LogP contribution in [0.1, 0.15) is 51.9 Å². The fourth-order valence-electron chi connectivity index (χ4n) is 5.05. The number of ketones is 1. The molecule has 0 saturated heterocycles. The molecule has 1 unspecified atom stereocenters. The summed E-state index contributed by atoms with van der Waals surface area (Å²) in [4.78, 5) is 23.8. The monoisotopic (exact) mass is 265 g/mol. The van der Waals surface area contributed by atoms with Crippen molar-refractivity contribution in [1.29, 1.82) is 0 Å². The summed E-state index contributed by atoms with van der Waals surface area (Å²) in [5.41, 5.74) is 4.11. The lowest BCUT2D eigenvalue weighted by molar-refractivity contribution is -0.151. The molecular weight excluding hydrogens is 242 g/mol. The fourth-order valence-corrected chi connectivity index (χ4v) is 5.05. The number of rotatable bonds is 4. The first-order valence-corrected chi connectivity index (χ1v) is 7.36. The van der Waals surface area contributed by atoms with Gasteiger partial charge in [0.05, 0.1) is 0 Å². The summed E-state index contributed by atoms with van der Waals surface area (Å²) >= 11 is 0. The molecule has 4 heteroatoms. The van der Waals surface area contributed by atoms with Crippen molar-refractivity contribution in [3.05, 3.63) is 0 Å². The Morgan fingerprint density at radius 1 is 1.16 bits per heavy atom. The molecule has 0 aromatic carbocycles. The highest BCUT2D eigenvalue weighted by Crippen LogP contribution is 2.60. The average Bonchev–Trinajstić information content (AvgIpc) is 2.26. The maximum Gasteiger partial charge on any atom is 0.323 e. The molecule has 4 rings (SSSR count). The minimum atomic E-state index is -1.42. The van der Waals surface area contributed by atoms with E-state index in [0.29, 0.717) is 17.8 Å². The van der Waals surface area contributed by atoms with E-state index in [4.69, 9.17) is 10.8 Å². The van der Waals surface area contributed by atoms with Crippen molar-refractivity contribution in [1.82, 2.24) is 0 Å². The van der Waals surface area contributed by atoms with E-state index >= 15 is 0 Å². The largest absolute Gasteiger partial charge is 0.480 e. The van der Waals surface area contributed by atoms with Crippen LogP contribution in [0.15, 0.2) is 0 Å². The van der Waals surface area contributed by atoms with Gasteiger partial charge in [-0.1, -0.05) is 0 Å². The van der Waals surface area contributed by atoms with Gasteiger partial charge in [0.15, 0.2) is 0 Å². The van der Waals surface area contributed by atoms with Gasteiger partial charge < -0.3 is 10.8 Å². The molecule has 4 bridgehead atoms. The van der Waals surface area contributed by atoms with Gasteiger partial charge in [-0.3, -0.25) is 9.59 Å². The van der Waals surface area contributed by atoms with E-state index in [1.807, 2.05) is 0 Å². The fraction of sp³-hybridized carbons (Fsp3) is 0.867. The van der Waals surface area contributed by atoms with Crippen LogP contribution in [0.4, 0.5) is 0 Å². The zero-order chi connectivity index (χ0) is 13.8. The van der Waals surface area contributed by atoms with Gasteiger partial charge in [0.2, 0.25) is 0 Å². The predicted octanol–water partition coefficient (Wildman–Crippen LogP) is 1.96. The molecule has 0 aromatic heterocycles. The number of carboxylic acids is 1. The summed E-state index contributed by atoms with van der Waals surface area (Å²) in [6.45, 7) is 1.45. The number of carboxylic acid groups (broad SMARTS) is 1. The van der Waals surface area contributed by atoms with Crippen LogP contribution in [0.5, 0.6) is 0 Å². The van der Waals surface area contributed by atoms with E-state index in [0.717, 1.165) is 19.3 Å². The molecule has 4 nitrogen and oxygen atoms in total. The summed E-state index contributed by atoms with van der Waals surface area (Å²) in [5, 5.41) is 9.09. The van der Waals surface area contributed by atoms with Gasteiger partial charge in [-0.05, 0) is 63.2 Å². The van der Waals surface area contributed by atoms with E-state index in [-0.39, 0.29) is 17.6 Å². The number of Topliss-reactive ketones (excluding diaryl/α,β-unsaturated/α-hetero) is 1. The standard InChI is InChI=1S/C15H23NO3/c1-14(16,13(18)19)8-12(17)15-5-9-2-10(6-15)4-11(3-9)7-15/h9-11H,2-8,16H2,1H3,(H,18,19). The maximum absolute atomic E-state index is 12.7. The van der Waals surface area contributed by atoms with Crippen molar-refractivity contribution in [2.24, 2.45) is 28.9 Å². The number of carbonyl (C=O) groups is 2. The average molecular weight is 265 g/mol. The van der Waals surface area contributed by atoms with Crippen molar-refractivity contribution in [2.75, 3.05) is 0 Å². The third-order valence-corrected chi connectivity index (χ3v) is 5.65. The third kappa shape index (κ3) is 2.10. The second-order valence-corrected chi connectivity index (χ2v) is 7.52.